The summed E-state index contributed by atoms with van der Waals surface area (Å²) in [5, 5.41) is 11.0. The Kier molecular flexibility index (Phi) is 7.10. The fourth-order valence-corrected chi connectivity index (χ4v) is 3.45. The summed E-state index contributed by atoms with van der Waals surface area (Å²) in [7, 11) is 3.08. The Labute approximate surface area is 181 Å². The molecule has 0 saturated carbocycles. The SMILES string of the molecule is C=CCOc1ccc(C(O)=C2C(=O)C(=O)N(CCOC)[C@@H]2c2ccc(OC)cc2)cc1. The molecule has 0 radical (unpaired) electrons. The molecule has 162 valence electrons. The van der Waals surface area contributed by atoms with E-state index < -0.39 is 17.7 Å². The van der Waals surface area contributed by atoms with Crippen LogP contribution in [0.3, 0.4) is 0 Å². The highest BCUT2D eigenvalue weighted by Crippen LogP contribution is 2.39. The minimum absolute atomic E-state index is 0.0334. The fraction of sp³-hybridized carbons (Fsp3) is 0.250. The normalized spacial score (nSPS) is 17.6. The molecule has 2 aromatic carbocycles. The van der Waals surface area contributed by atoms with E-state index in [0.717, 1.165) is 0 Å². The van der Waals surface area contributed by atoms with E-state index in [4.69, 9.17) is 14.2 Å². The number of aliphatic hydroxyl groups is 1. The zero-order valence-corrected chi connectivity index (χ0v) is 17.5. The van der Waals surface area contributed by atoms with Crippen LogP contribution in [0.15, 0.2) is 66.8 Å². The lowest BCUT2D eigenvalue weighted by Gasteiger charge is -2.25. The number of nitrogens with zero attached hydrogens (tertiary/aromatic N) is 1. The molecule has 1 N–H and O–H groups in total. The van der Waals surface area contributed by atoms with Crippen LogP contribution in [0.4, 0.5) is 0 Å². The number of hydrogen-bond donors (Lipinski definition) is 1. The van der Waals surface area contributed by atoms with Gasteiger partial charge in [-0.3, -0.25) is 9.59 Å². The minimum atomic E-state index is -0.738. The summed E-state index contributed by atoms with van der Waals surface area (Å²) in [5.41, 5.74) is 1.13. The van der Waals surface area contributed by atoms with E-state index in [1.165, 1.54) is 12.0 Å². The molecule has 1 amide bonds. The highest BCUT2D eigenvalue weighted by atomic mass is 16.5. The monoisotopic (exact) mass is 423 g/mol. The van der Waals surface area contributed by atoms with Gasteiger partial charge in [-0.1, -0.05) is 24.8 Å². The number of amides is 1. The van der Waals surface area contributed by atoms with Gasteiger partial charge in [-0.05, 0) is 42.0 Å². The molecule has 0 spiro atoms. The van der Waals surface area contributed by atoms with Gasteiger partial charge >= 0.3 is 0 Å². The number of rotatable bonds is 9. The highest BCUT2D eigenvalue weighted by molar-refractivity contribution is 6.46. The number of hydrogen-bond acceptors (Lipinski definition) is 6. The van der Waals surface area contributed by atoms with Gasteiger partial charge in [0.25, 0.3) is 11.7 Å². The smallest absolute Gasteiger partial charge is 0.295 e. The molecule has 2 aromatic rings. The number of benzene rings is 2. The molecule has 0 aliphatic carbocycles. The zero-order valence-electron chi connectivity index (χ0n) is 17.5. The van der Waals surface area contributed by atoms with Crippen molar-refractivity contribution in [1.29, 1.82) is 0 Å². The molecule has 0 aromatic heterocycles. The molecule has 7 nitrogen and oxygen atoms in total. The quantitative estimate of drug-likeness (QED) is 0.288. The lowest BCUT2D eigenvalue weighted by Crippen LogP contribution is -2.32. The summed E-state index contributed by atoms with van der Waals surface area (Å²) in [6, 6.07) is 12.9. The first kappa shape index (κ1) is 22.1. The van der Waals surface area contributed by atoms with E-state index in [1.54, 1.807) is 61.7 Å². The summed E-state index contributed by atoms with van der Waals surface area (Å²) in [4.78, 5) is 27.1. The number of methoxy groups -OCH3 is 2. The molecule has 0 bridgehead atoms. The Morgan fingerprint density at radius 2 is 1.71 bits per heavy atom. The van der Waals surface area contributed by atoms with Crippen LogP contribution in [0.5, 0.6) is 11.5 Å². The number of carbonyl (C=O) groups excluding carboxylic acids is 2. The van der Waals surface area contributed by atoms with E-state index in [-0.39, 0.29) is 24.5 Å². The van der Waals surface area contributed by atoms with Gasteiger partial charge in [-0.15, -0.1) is 0 Å². The van der Waals surface area contributed by atoms with Gasteiger partial charge in [0.05, 0.1) is 25.3 Å². The average molecular weight is 423 g/mol. The van der Waals surface area contributed by atoms with E-state index in [1.807, 2.05) is 0 Å². The molecule has 1 heterocycles. The molecule has 3 rings (SSSR count). The van der Waals surface area contributed by atoms with Crippen molar-refractivity contribution in [3.05, 3.63) is 77.9 Å². The van der Waals surface area contributed by atoms with Crippen LogP contribution in [0.2, 0.25) is 0 Å². The van der Waals surface area contributed by atoms with Crippen molar-refractivity contribution in [3.63, 3.8) is 0 Å². The lowest BCUT2D eigenvalue weighted by molar-refractivity contribution is -0.140. The van der Waals surface area contributed by atoms with Crippen molar-refractivity contribution in [3.8, 4) is 11.5 Å². The van der Waals surface area contributed by atoms with Gasteiger partial charge in [-0.25, -0.2) is 0 Å². The van der Waals surface area contributed by atoms with Crippen molar-refractivity contribution in [1.82, 2.24) is 4.90 Å². The summed E-state index contributed by atoms with van der Waals surface area (Å²) in [5.74, 6) is -0.405. The number of carbonyl (C=O) groups is 2. The molecular weight excluding hydrogens is 398 g/mol. The van der Waals surface area contributed by atoms with E-state index in [2.05, 4.69) is 6.58 Å². The van der Waals surface area contributed by atoms with Gasteiger partial charge in [-0.2, -0.15) is 0 Å². The Morgan fingerprint density at radius 1 is 1.06 bits per heavy atom. The highest BCUT2D eigenvalue weighted by Gasteiger charge is 2.45. The van der Waals surface area contributed by atoms with Crippen LogP contribution in [0.1, 0.15) is 17.2 Å². The molecule has 1 saturated heterocycles. The third-order valence-electron chi connectivity index (χ3n) is 5.00. The second kappa shape index (κ2) is 9.95. The topological polar surface area (TPSA) is 85.3 Å². The van der Waals surface area contributed by atoms with Gasteiger partial charge in [0.15, 0.2) is 0 Å². The molecule has 1 atom stereocenters. The van der Waals surface area contributed by atoms with Gasteiger partial charge in [0.2, 0.25) is 0 Å². The van der Waals surface area contributed by atoms with Crippen LogP contribution in [0.25, 0.3) is 5.76 Å². The summed E-state index contributed by atoms with van der Waals surface area (Å²) < 4.78 is 15.8. The lowest BCUT2D eigenvalue weighted by atomic mass is 9.95. The van der Waals surface area contributed by atoms with Crippen LogP contribution >= 0.6 is 0 Å². The predicted octanol–water partition coefficient (Wildman–Crippen LogP) is 3.33. The number of ether oxygens (including phenoxy) is 3. The first-order valence-corrected chi connectivity index (χ1v) is 9.77. The maximum absolute atomic E-state index is 12.9. The predicted molar refractivity (Wildman–Crippen MR) is 116 cm³/mol. The molecule has 1 aliphatic rings. The fourth-order valence-electron chi connectivity index (χ4n) is 3.45. The minimum Gasteiger partial charge on any atom is -0.507 e. The van der Waals surface area contributed by atoms with Crippen LogP contribution in [-0.2, 0) is 14.3 Å². The molecule has 1 aliphatic heterocycles. The van der Waals surface area contributed by atoms with Gasteiger partial charge in [0.1, 0.15) is 23.9 Å². The largest absolute Gasteiger partial charge is 0.507 e. The van der Waals surface area contributed by atoms with Crippen molar-refractivity contribution < 1.29 is 28.9 Å². The maximum Gasteiger partial charge on any atom is 0.295 e. The van der Waals surface area contributed by atoms with Gasteiger partial charge < -0.3 is 24.2 Å². The van der Waals surface area contributed by atoms with Crippen molar-refractivity contribution >= 4 is 17.4 Å². The first-order chi connectivity index (χ1) is 15.0. The standard InChI is InChI=1S/C24H25NO6/c1-4-14-31-19-11-7-17(8-12-19)22(26)20-21(16-5-9-18(30-3)10-6-16)25(13-15-29-2)24(28)23(20)27/h4-12,21,26H,1,13-15H2,2-3H3/t21-/m1/s1. The Bertz CT molecular complexity index is 978. The van der Waals surface area contributed by atoms with Crippen molar-refractivity contribution in [2.24, 2.45) is 0 Å². The van der Waals surface area contributed by atoms with E-state index in [0.29, 0.717) is 29.2 Å². The molecule has 7 heteroatoms. The van der Waals surface area contributed by atoms with Crippen LogP contribution < -0.4 is 9.47 Å². The number of Topliss-reactive ketones (excluding diaryl/α,β-unsaturated/α-hetero) is 1. The van der Waals surface area contributed by atoms with Crippen LogP contribution in [0, 0.1) is 0 Å². The maximum atomic E-state index is 12.9. The summed E-state index contributed by atoms with van der Waals surface area (Å²) in [6.07, 6.45) is 1.63. The Morgan fingerprint density at radius 3 is 2.29 bits per heavy atom. The number of aliphatic hydroxyl groups excluding tert-OH is 1. The Hall–Kier alpha value is -3.58. The average Bonchev–Trinajstić information content (AvgIpc) is 3.06. The van der Waals surface area contributed by atoms with E-state index in [9.17, 15) is 14.7 Å². The van der Waals surface area contributed by atoms with E-state index >= 15 is 0 Å². The molecule has 0 unspecified atom stereocenters. The van der Waals surface area contributed by atoms with Crippen molar-refractivity contribution in [2.75, 3.05) is 34.0 Å². The van der Waals surface area contributed by atoms with Crippen LogP contribution in [-0.4, -0.2) is 55.7 Å². The zero-order chi connectivity index (χ0) is 22.4. The molecule has 1 fully saturated rings. The Balaban J connectivity index is 2.05. The summed E-state index contributed by atoms with van der Waals surface area (Å²) in [6.45, 7) is 4.43. The van der Waals surface area contributed by atoms with Gasteiger partial charge in [0, 0.05) is 19.2 Å². The molecular formula is C24H25NO6. The third-order valence-corrected chi connectivity index (χ3v) is 5.00. The van der Waals surface area contributed by atoms with Crippen molar-refractivity contribution in [2.45, 2.75) is 6.04 Å². The molecule has 31 heavy (non-hydrogen) atoms. The third kappa shape index (κ3) is 4.62. The number of ketones is 1. The first-order valence-electron chi connectivity index (χ1n) is 9.77. The second-order valence-electron chi connectivity index (χ2n) is 6.88. The number of likely N-dealkylation sites (tertiary alicyclic amines) is 1. The summed E-state index contributed by atoms with van der Waals surface area (Å²) >= 11 is 0. The second-order valence-corrected chi connectivity index (χ2v) is 6.88.